The number of anilines is 1. The number of hydrogen-bond acceptors (Lipinski definition) is 6. The van der Waals surface area contributed by atoms with E-state index in [1.54, 1.807) is 13.3 Å². The van der Waals surface area contributed by atoms with Crippen molar-refractivity contribution in [3.8, 4) is 17.0 Å². The number of hydrogen-bond donors (Lipinski definition) is 2. The van der Waals surface area contributed by atoms with Gasteiger partial charge in [-0.15, -0.1) is 10.2 Å². The fourth-order valence-corrected chi connectivity index (χ4v) is 3.47. The fraction of sp³-hybridized carbons (Fsp3) is 0.350. The maximum absolute atomic E-state index is 5.57. The van der Waals surface area contributed by atoms with E-state index >= 15 is 0 Å². The van der Waals surface area contributed by atoms with Gasteiger partial charge >= 0.3 is 0 Å². The van der Waals surface area contributed by atoms with E-state index in [0.717, 1.165) is 58.7 Å². The van der Waals surface area contributed by atoms with Crippen LogP contribution in [0.1, 0.15) is 18.4 Å². The molecule has 0 unspecified atom stereocenters. The zero-order valence-corrected chi connectivity index (χ0v) is 15.1. The Bertz CT molecular complexity index is 921. The zero-order chi connectivity index (χ0) is 17.9. The van der Waals surface area contributed by atoms with Crippen LogP contribution < -0.4 is 15.4 Å². The van der Waals surface area contributed by atoms with Crippen molar-refractivity contribution in [3.63, 3.8) is 0 Å². The van der Waals surface area contributed by atoms with Crippen molar-refractivity contribution >= 4 is 16.6 Å². The molecule has 1 atom stereocenters. The summed E-state index contributed by atoms with van der Waals surface area (Å²) in [5, 5.41) is 18.0. The molecule has 0 amide bonds. The molecule has 3 aromatic rings. The zero-order valence-electron chi connectivity index (χ0n) is 15.1. The number of ether oxygens (including phenoxy) is 1. The number of aromatic nitrogens is 3. The summed E-state index contributed by atoms with van der Waals surface area (Å²) in [6.07, 6.45) is 5.95. The first kappa shape index (κ1) is 16.7. The van der Waals surface area contributed by atoms with Crippen molar-refractivity contribution in [1.82, 2.24) is 20.5 Å². The number of pyridine rings is 1. The summed E-state index contributed by atoms with van der Waals surface area (Å²) < 4.78 is 5.57. The molecular formula is C20H23N5O. The number of aryl methyl sites for hydroxylation is 1. The summed E-state index contributed by atoms with van der Waals surface area (Å²) in [4.78, 5) is 4.31. The second-order valence-electron chi connectivity index (χ2n) is 6.71. The minimum Gasteiger partial charge on any atom is -0.496 e. The average Bonchev–Trinajstić information content (AvgIpc) is 2.69. The van der Waals surface area contributed by atoms with Gasteiger partial charge < -0.3 is 15.4 Å². The molecule has 4 rings (SSSR count). The van der Waals surface area contributed by atoms with Gasteiger partial charge in [-0.3, -0.25) is 4.98 Å². The van der Waals surface area contributed by atoms with Gasteiger partial charge in [0.05, 0.1) is 7.11 Å². The summed E-state index contributed by atoms with van der Waals surface area (Å²) in [6.45, 7) is 4.07. The molecule has 3 heterocycles. The molecule has 2 aromatic heterocycles. The molecule has 1 aromatic carbocycles. The third-order valence-electron chi connectivity index (χ3n) is 4.83. The van der Waals surface area contributed by atoms with Gasteiger partial charge in [-0.2, -0.15) is 0 Å². The summed E-state index contributed by atoms with van der Waals surface area (Å²) >= 11 is 0. The number of nitrogens with one attached hydrogen (secondary N) is 2. The first-order valence-corrected chi connectivity index (χ1v) is 8.99. The largest absolute Gasteiger partial charge is 0.496 e. The third kappa shape index (κ3) is 3.20. The van der Waals surface area contributed by atoms with Gasteiger partial charge in [0.15, 0.2) is 5.82 Å². The van der Waals surface area contributed by atoms with Crippen LogP contribution in [0.15, 0.2) is 36.7 Å². The minimum atomic E-state index is 0.370. The highest BCUT2D eigenvalue weighted by Crippen LogP contribution is 2.35. The van der Waals surface area contributed by atoms with E-state index in [0.29, 0.717) is 6.04 Å². The van der Waals surface area contributed by atoms with Crippen molar-refractivity contribution in [3.05, 3.63) is 42.2 Å². The number of methoxy groups -OCH3 is 1. The predicted molar refractivity (Wildman–Crippen MR) is 104 cm³/mol. The van der Waals surface area contributed by atoms with E-state index in [2.05, 4.69) is 31.9 Å². The predicted octanol–water partition coefficient (Wildman–Crippen LogP) is 3.17. The van der Waals surface area contributed by atoms with Gasteiger partial charge in [0.1, 0.15) is 11.4 Å². The molecule has 134 valence electrons. The van der Waals surface area contributed by atoms with E-state index in [1.165, 1.54) is 6.42 Å². The molecule has 1 aliphatic heterocycles. The van der Waals surface area contributed by atoms with Crippen LogP contribution >= 0.6 is 0 Å². The maximum Gasteiger partial charge on any atom is 0.156 e. The number of piperidine rings is 1. The van der Waals surface area contributed by atoms with Crippen LogP contribution in [-0.2, 0) is 0 Å². The number of rotatable bonds is 4. The smallest absolute Gasteiger partial charge is 0.156 e. The van der Waals surface area contributed by atoms with Gasteiger partial charge in [-0.1, -0.05) is 6.07 Å². The Balaban J connectivity index is 1.79. The van der Waals surface area contributed by atoms with Crippen LogP contribution in [0.2, 0.25) is 0 Å². The molecule has 0 aliphatic carbocycles. The first-order chi connectivity index (χ1) is 12.8. The second kappa shape index (κ2) is 7.25. The van der Waals surface area contributed by atoms with Crippen molar-refractivity contribution in [2.24, 2.45) is 0 Å². The Morgan fingerprint density at radius 1 is 1.19 bits per heavy atom. The molecule has 6 nitrogen and oxygen atoms in total. The third-order valence-corrected chi connectivity index (χ3v) is 4.83. The fourth-order valence-electron chi connectivity index (χ4n) is 3.47. The number of nitrogens with zero attached hydrogens (tertiary/aromatic N) is 3. The maximum atomic E-state index is 5.57. The summed E-state index contributed by atoms with van der Waals surface area (Å²) in [7, 11) is 1.68. The Hall–Kier alpha value is -2.73. The van der Waals surface area contributed by atoms with E-state index in [-0.39, 0.29) is 0 Å². The van der Waals surface area contributed by atoms with E-state index < -0.39 is 0 Å². The molecule has 0 bridgehead atoms. The van der Waals surface area contributed by atoms with Crippen LogP contribution in [-0.4, -0.2) is 41.4 Å². The van der Waals surface area contributed by atoms with E-state index in [4.69, 9.17) is 4.74 Å². The molecule has 0 spiro atoms. The SMILES string of the molecule is COc1cc(C)ccc1-c1nnc(N[C@@H]2CCCNC2)c2ccncc12. The summed E-state index contributed by atoms with van der Waals surface area (Å²) in [6, 6.07) is 8.46. The van der Waals surface area contributed by atoms with E-state index in [1.807, 2.05) is 31.3 Å². The first-order valence-electron chi connectivity index (χ1n) is 8.99. The van der Waals surface area contributed by atoms with Crippen molar-refractivity contribution in [2.75, 3.05) is 25.5 Å². The number of fused-ring (bicyclic) bond motifs is 1. The molecule has 6 heteroatoms. The molecule has 1 aliphatic rings. The van der Waals surface area contributed by atoms with Crippen LogP contribution in [0.3, 0.4) is 0 Å². The van der Waals surface area contributed by atoms with Gasteiger partial charge in [0, 0.05) is 41.3 Å². The Morgan fingerprint density at radius 3 is 2.92 bits per heavy atom. The van der Waals surface area contributed by atoms with Crippen LogP contribution in [0.25, 0.3) is 22.0 Å². The van der Waals surface area contributed by atoms with Crippen LogP contribution in [0.4, 0.5) is 5.82 Å². The lowest BCUT2D eigenvalue weighted by Crippen LogP contribution is -2.38. The van der Waals surface area contributed by atoms with Crippen LogP contribution in [0.5, 0.6) is 5.75 Å². The minimum absolute atomic E-state index is 0.370. The van der Waals surface area contributed by atoms with E-state index in [9.17, 15) is 0 Å². The lowest BCUT2D eigenvalue weighted by molar-refractivity contribution is 0.416. The average molecular weight is 349 g/mol. The van der Waals surface area contributed by atoms with Crippen LogP contribution in [0, 0.1) is 6.92 Å². The highest BCUT2D eigenvalue weighted by Gasteiger charge is 2.18. The van der Waals surface area contributed by atoms with Crippen molar-refractivity contribution < 1.29 is 4.74 Å². The Morgan fingerprint density at radius 2 is 2.12 bits per heavy atom. The van der Waals surface area contributed by atoms with Gasteiger partial charge in [0.2, 0.25) is 0 Å². The highest BCUT2D eigenvalue weighted by atomic mass is 16.5. The number of benzene rings is 1. The standard InChI is InChI=1S/C20H23N5O/c1-13-5-6-16(18(10-13)26-2)19-17-12-22-9-7-15(17)20(25-24-19)23-14-4-3-8-21-11-14/h5-7,9-10,12,14,21H,3-4,8,11H2,1-2H3,(H,23,25)/t14-/m1/s1. The quantitative estimate of drug-likeness (QED) is 0.754. The highest BCUT2D eigenvalue weighted by molar-refractivity contribution is 6.00. The molecule has 1 saturated heterocycles. The Labute approximate surface area is 153 Å². The lowest BCUT2D eigenvalue weighted by atomic mass is 10.0. The molecule has 0 radical (unpaired) electrons. The molecule has 0 saturated carbocycles. The van der Waals surface area contributed by atoms with Gasteiger partial charge in [0.25, 0.3) is 0 Å². The van der Waals surface area contributed by atoms with Crippen molar-refractivity contribution in [2.45, 2.75) is 25.8 Å². The normalized spacial score (nSPS) is 17.2. The monoisotopic (exact) mass is 349 g/mol. The summed E-state index contributed by atoms with van der Waals surface area (Å²) in [5.41, 5.74) is 2.86. The summed E-state index contributed by atoms with van der Waals surface area (Å²) in [5.74, 6) is 1.60. The second-order valence-corrected chi connectivity index (χ2v) is 6.71. The van der Waals surface area contributed by atoms with Gasteiger partial charge in [-0.25, -0.2) is 0 Å². The molecule has 26 heavy (non-hydrogen) atoms. The van der Waals surface area contributed by atoms with Gasteiger partial charge in [-0.05, 0) is 50.1 Å². The topological polar surface area (TPSA) is 72.0 Å². The lowest BCUT2D eigenvalue weighted by Gasteiger charge is -2.24. The Kier molecular flexibility index (Phi) is 4.67. The molecular weight excluding hydrogens is 326 g/mol. The molecule has 2 N–H and O–H groups in total. The molecule has 1 fully saturated rings. The van der Waals surface area contributed by atoms with Crippen molar-refractivity contribution in [1.29, 1.82) is 0 Å².